The van der Waals surface area contributed by atoms with Gasteiger partial charge in [-0.3, -0.25) is 4.79 Å². The fourth-order valence-electron chi connectivity index (χ4n) is 7.72. The van der Waals surface area contributed by atoms with Gasteiger partial charge in [0.05, 0.1) is 11.8 Å². The van der Waals surface area contributed by atoms with Crippen molar-refractivity contribution < 1.29 is 14.6 Å². The summed E-state index contributed by atoms with van der Waals surface area (Å²) in [4.78, 5) is 34.3. The molecule has 2 bridgehead atoms. The van der Waals surface area contributed by atoms with Crippen LogP contribution in [0.1, 0.15) is 32.1 Å². The summed E-state index contributed by atoms with van der Waals surface area (Å²) in [5.74, 6) is 1.30. The van der Waals surface area contributed by atoms with Crippen molar-refractivity contribution in [2.75, 3.05) is 38.2 Å². The van der Waals surface area contributed by atoms with Gasteiger partial charge in [0.1, 0.15) is 18.2 Å². The number of imidazole rings is 1. The predicted molar refractivity (Wildman–Crippen MR) is 178 cm³/mol. The Kier molecular flexibility index (Phi) is 7.44. The number of likely N-dealkylation sites (tertiary alicyclic amines) is 1. The van der Waals surface area contributed by atoms with Gasteiger partial charge in [-0.1, -0.05) is 30.3 Å². The maximum atomic E-state index is 13.4. The third kappa shape index (κ3) is 5.40. The number of piperazine rings is 1. The van der Waals surface area contributed by atoms with E-state index < -0.39 is 0 Å². The van der Waals surface area contributed by atoms with Crippen LogP contribution in [-0.4, -0.2) is 91.7 Å². The number of fused-ring (bicyclic) bond motifs is 4. The van der Waals surface area contributed by atoms with E-state index in [-0.39, 0.29) is 23.7 Å². The standard InChI is InChI=1S/C36H39N7O3/c1-40-14-4-6-28(40)22-46-36-38-33-18-25(32-19-29(44)17-24-5-2-3-7-30(24)32)8-11-31(33)35(39-36)42-20-26-9-10-27(21-42)43(26)34(45)12-15-41-16-13-37-23-41/h2-3,5,7-8,11,13,16-19,23,26-28,44H,4,6,9-10,12,14-15,20-22H2,1H3/t26-,27+,28-/m0/s1. The maximum absolute atomic E-state index is 13.4. The van der Waals surface area contributed by atoms with Gasteiger partial charge in [0.15, 0.2) is 0 Å². The van der Waals surface area contributed by atoms with Crippen LogP contribution in [0.2, 0.25) is 0 Å². The lowest BCUT2D eigenvalue weighted by Crippen LogP contribution is -2.56. The molecule has 3 saturated heterocycles. The molecule has 3 fully saturated rings. The first-order chi connectivity index (χ1) is 22.5. The number of benzene rings is 3. The number of ether oxygens (including phenoxy) is 1. The smallest absolute Gasteiger partial charge is 0.319 e. The van der Waals surface area contributed by atoms with Crippen LogP contribution in [0.5, 0.6) is 11.8 Å². The lowest BCUT2D eigenvalue weighted by atomic mass is 9.97. The van der Waals surface area contributed by atoms with E-state index in [1.165, 1.54) is 6.42 Å². The van der Waals surface area contributed by atoms with Crippen LogP contribution in [0, 0.1) is 0 Å². The Balaban J connectivity index is 1.12. The molecule has 5 heterocycles. The van der Waals surface area contributed by atoms with Gasteiger partial charge in [-0.15, -0.1) is 0 Å². The predicted octanol–water partition coefficient (Wildman–Crippen LogP) is 5.10. The van der Waals surface area contributed by atoms with Gasteiger partial charge < -0.3 is 29.1 Å². The second-order valence-corrected chi connectivity index (χ2v) is 13.0. The van der Waals surface area contributed by atoms with Crippen molar-refractivity contribution in [2.45, 2.75) is 56.8 Å². The van der Waals surface area contributed by atoms with Crippen molar-refractivity contribution in [3.63, 3.8) is 0 Å². The SMILES string of the molecule is CN1CCC[C@H]1COc1nc(N2C[C@H]3CC[C@@H](C2)N3C(=O)CCn2ccnc2)c2ccc(-c3cc(O)cc4ccccc34)cc2n1. The number of amides is 1. The lowest BCUT2D eigenvalue weighted by Gasteiger charge is -2.42. The molecule has 46 heavy (non-hydrogen) atoms. The van der Waals surface area contributed by atoms with E-state index in [1.807, 2.05) is 35.0 Å². The number of aromatic hydroxyl groups is 1. The Morgan fingerprint density at radius 3 is 2.63 bits per heavy atom. The third-order valence-corrected chi connectivity index (χ3v) is 10.1. The van der Waals surface area contributed by atoms with Crippen LogP contribution >= 0.6 is 0 Å². The first-order valence-electron chi connectivity index (χ1n) is 16.4. The number of likely N-dealkylation sites (N-methyl/N-ethyl adjacent to an activating group) is 1. The number of aromatic nitrogens is 4. The minimum atomic E-state index is 0.147. The summed E-state index contributed by atoms with van der Waals surface area (Å²) in [6, 6.07) is 19.0. The number of carbonyl (C=O) groups is 1. The number of phenolic OH excluding ortho intramolecular Hbond substituents is 1. The zero-order valence-electron chi connectivity index (χ0n) is 26.1. The molecule has 3 atom stereocenters. The largest absolute Gasteiger partial charge is 0.508 e. The Morgan fingerprint density at radius 2 is 1.85 bits per heavy atom. The van der Waals surface area contributed by atoms with Gasteiger partial charge in [0.25, 0.3) is 0 Å². The van der Waals surface area contributed by atoms with Gasteiger partial charge in [0, 0.05) is 62.0 Å². The number of nitrogens with zero attached hydrogens (tertiary/aromatic N) is 7. The summed E-state index contributed by atoms with van der Waals surface area (Å²) < 4.78 is 8.29. The summed E-state index contributed by atoms with van der Waals surface area (Å²) >= 11 is 0. The molecule has 0 radical (unpaired) electrons. The minimum Gasteiger partial charge on any atom is -0.508 e. The Labute approximate surface area is 268 Å². The molecule has 8 rings (SSSR count). The molecule has 1 N–H and O–H groups in total. The number of aryl methyl sites for hydroxylation is 1. The summed E-state index contributed by atoms with van der Waals surface area (Å²) in [6.45, 7) is 3.71. The van der Waals surface area contributed by atoms with Crippen molar-refractivity contribution in [3.05, 3.63) is 73.3 Å². The molecular weight excluding hydrogens is 578 g/mol. The summed E-state index contributed by atoms with van der Waals surface area (Å²) in [7, 11) is 2.14. The van der Waals surface area contributed by atoms with E-state index in [4.69, 9.17) is 14.7 Å². The van der Waals surface area contributed by atoms with Crippen molar-refractivity contribution in [3.8, 4) is 22.9 Å². The number of carbonyl (C=O) groups excluding carboxylic acids is 1. The molecule has 2 aromatic heterocycles. The third-order valence-electron chi connectivity index (χ3n) is 10.1. The normalized spacial score (nSPS) is 21.5. The van der Waals surface area contributed by atoms with Crippen LogP contribution in [0.25, 0.3) is 32.8 Å². The molecule has 3 aromatic carbocycles. The molecule has 0 aliphatic carbocycles. The Bertz CT molecular complexity index is 1880. The first kappa shape index (κ1) is 28.8. The van der Waals surface area contributed by atoms with Crippen LogP contribution in [0.3, 0.4) is 0 Å². The van der Waals surface area contributed by atoms with E-state index in [9.17, 15) is 9.90 Å². The van der Waals surface area contributed by atoms with E-state index in [0.717, 1.165) is 77.5 Å². The molecule has 5 aromatic rings. The van der Waals surface area contributed by atoms with Crippen molar-refractivity contribution in [2.24, 2.45) is 0 Å². The number of anilines is 1. The minimum absolute atomic E-state index is 0.147. The molecular formula is C36H39N7O3. The molecule has 3 aliphatic heterocycles. The molecule has 0 unspecified atom stereocenters. The summed E-state index contributed by atoms with van der Waals surface area (Å²) in [5.41, 5.74) is 2.73. The highest BCUT2D eigenvalue weighted by Gasteiger charge is 2.43. The average Bonchev–Trinajstić information content (AvgIpc) is 3.81. The highest BCUT2D eigenvalue weighted by molar-refractivity contribution is 6.01. The molecule has 236 valence electrons. The summed E-state index contributed by atoms with van der Waals surface area (Å²) in [5, 5.41) is 13.6. The Hall–Kier alpha value is -4.70. The highest BCUT2D eigenvalue weighted by Crippen LogP contribution is 2.38. The van der Waals surface area contributed by atoms with Gasteiger partial charge >= 0.3 is 6.01 Å². The Morgan fingerprint density at radius 1 is 1.00 bits per heavy atom. The molecule has 0 saturated carbocycles. The van der Waals surface area contributed by atoms with Crippen LogP contribution in [0.4, 0.5) is 5.82 Å². The van der Waals surface area contributed by atoms with Gasteiger partial charge in [-0.25, -0.2) is 4.98 Å². The molecule has 10 nitrogen and oxygen atoms in total. The monoisotopic (exact) mass is 617 g/mol. The van der Waals surface area contributed by atoms with Crippen molar-refractivity contribution in [1.82, 2.24) is 29.3 Å². The number of hydrogen-bond donors (Lipinski definition) is 1. The highest BCUT2D eigenvalue weighted by atomic mass is 16.5. The second-order valence-electron chi connectivity index (χ2n) is 13.0. The first-order valence-corrected chi connectivity index (χ1v) is 16.4. The zero-order valence-corrected chi connectivity index (χ0v) is 26.1. The van der Waals surface area contributed by atoms with E-state index >= 15 is 0 Å². The molecule has 1 amide bonds. The van der Waals surface area contributed by atoms with E-state index in [1.54, 1.807) is 18.6 Å². The molecule has 0 spiro atoms. The summed E-state index contributed by atoms with van der Waals surface area (Å²) in [6.07, 6.45) is 10.1. The van der Waals surface area contributed by atoms with Crippen LogP contribution < -0.4 is 9.64 Å². The second kappa shape index (κ2) is 11.9. The van der Waals surface area contributed by atoms with Crippen molar-refractivity contribution >= 4 is 33.4 Å². The van der Waals surface area contributed by atoms with Gasteiger partial charge in [0.2, 0.25) is 5.91 Å². The molecule has 10 heteroatoms. The van der Waals surface area contributed by atoms with Crippen molar-refractivity contribution in [1.29, 1.82) is 0 Å². The van der Waals surface area contributed by atoms with E-state index in [2.05, 4.69) is 51.0 Å². The number of hydrogen-bond acceptors (Lipinski definition) is 8. The van der Waals surface area contributed by atoms with Gasteiger partial charge in [-0.05, 0) is 85.4 Å². The molecule has 3 aliphatic rings. The van der Waals surface area contributed by atoms with E-state index in [0.29, 0.717) is 31.6 Å². The van der Waals surface area contributed by atoms with Crippen LogP contribution in [-0.2, 0) is 11.3 Å². The topological polar surface area (TPSA) is 99.9 Å². The average molecular weight is 618 g/mol. The number of phenols is 1. The quantitative estimate of drug-likeness (QED) is 0.257. The zero-order chi connectivity index (χ0) is 31.2. The fraction of sp³-hybridized carbons (Fsp3) is 0.389. The fourth-order valence-corrected chi connectivity index (χ4v) is 7.72. The maximum Gasteiger partial charge on any atom is 0.319 e. The van der Waals surface area contributed by atoms with Crippen LogP contribution in [0.15, 0.2) is 73.3 Å². The number of rotatable bonds is 8. The van der Waals surface area contributed by atoms with Gasteiger partial charge in [-0.2, -0.15) is 9.97 Å². The lowest BCUT2D eigenvalue weighted by molar-refractivity contribution is -0.134.